The third kappa shape index (κ3) is 4.08. The lowest BCUT2D eigenvalue weighted by molar-refractivity contribution is -0.141. The first-order chi connectivity index (χ1) is 12.5. The minimum absolute atomic E-state index is 0.118. The molecule has 3 rings (SSSR count). The van der Waals surface area contributed by atoms with E-state index in [1.165, 1.54) is 18.3 Å². The first-order valence-electron chi connectivity index (χ1n) is 8.20. The monoisotopic (exact) mass is 404 g/mol. The highest BCUT2D eigenvalue weighted by Gasteiger charge is 2.37. The van der Waals surface area contributed by atoms with Crippen molar-refractivity contribution in [2.45, 2.75) is 37.1 Å². The highest BCUT2D eigenvalue weighted by Crippen LogP contribution is 2.34. The molecule has 2 atom stereocenters. The molecule has 0 aromatic carbocycles. The Hall–Kier alpha value is -2.14. The lowest BCUT2D eigenvalue weighted by atomic mass is 10.2. The summed E-state index contributed by atoms with van der Waals surface area (Å²) in [6.07, 6.45) is -2.80. The minimum Gasteiger partial charge on any atom is -0.372 e. The van der Waals surface area contributed by atoms with Crippen LogP contribution < -0.4 is 4.90 Å². The highest BCUT2D eigenvalue weighted by molar-refractivity contribution is 7.90. The number of aromatic nitrogens is 3. The molecule has 0 N–H and O–H groups in total. The quantitative estimate of drug-likeness (QED) is 0.781. The van der Waals surface area contributed by atoms with Gasteiger partial charge in [0.05, 0.1) is 12.2 Å². The van der Waals surface area contributed by atoms with E-state index in [-0.39, 0.29) is 28.7 Å². The fraction of sp³-hybridized carbons (Fsp3) is 0.500. The Balaban J connectivity index is 2.20. The van der Waals surface area contributed by atoms with Gasteiger partial charge in [0.2, 0.25) is 0 Å². The maximum atomic E-state index is 13.3. The highest BCUT2D eigenvalue weighted by atomic mass is 32.2. The van der Waals surface area contributed by atoms with E-state index < -0.39 is 21.7 Å². The zero-order valence-corrected chi connectivity index (χ0v) is 15.8. The van der Waals surface area contributed by atoms with Crippen LogP contribution in [0.25, 0.3) is 5.82 Å². The Morgan fingerprint density at radius 1 is 1.22 bits per heavy atom. The zero-order valence-electron chi connectivity index (χ0n) is 14.9. The standard InChI is InChI=1S/C16H19F3N4O3S/c1-10-8-22(9-11(2)26-10)14-7-13(16(17,18)19)21-23(14)15-12(27(3,24)25)5-4-6-20-15/h4-7,10-11H,8-9H2,1-3H3/t10-,11+. The van der Waals surface area contributed by atoms with Crippen molar-refractivity contribution in [2.24, 2.45) is 0 Å². The average Bonchev–Trinajstić information content (AvgIpc) is 2.98. The molecule has 27 heavy (non-hydrogen) atoms. The van der Waals surface area contributed by atoms with Crippen LogP contribution in [-0.4, -0.2) is 54.7 Å². The lowest BCUT2D eigenvalue weighted by Gasteiger charge is -2.36. The molecule has 2 aromatic heterocycles. The van der Waals surface area contributed by atoms with Gasteiger partial charge in [-0.25, -0.2) is 13.4 Å². The molecule has 1 aliphatic heterocycles. The number of hydrogen-bond donors (Lipinski definition) is 0. The number of halogens is 3. The van der Waals surface area contributed by atoms with Crippen LogP contribution in [0.4, 0.5) is 19.0 Å². The number of pyridine rings is 1. The molecule has 0 unspecified atom stereocenters. The van der Waals surface area contributed by atoms with Gasteiger partial charge in [-0.15, -0.1) is 0 Å². The van der Waals surface area contributed by atoms with Gasteiger partial charge < -0.3 is 9.64 Å². The van der Waals surface area contributed by atoms with Crippen molar-refractivity contribution < 1.29 is 26.3 Å². The van der Waals surface area contributed by atoms with Gasteiger partial charge in [-0.3, -0.25) is 0 Å². The summed E-state index contributed by atoms with van der Waals surface area (Å²) in [5, 5.41) is 3.63. The van der Waals surface area contributed by atoms with Gasteiger partial charge in [0, 0.05) is 31.6 Å². The first-order valence-corrected chi connectivity index (χ1v) is 10.1. The van der Waals surface area contributed by atoms with Crippen LogP contribution in [0.15, 0.2) is 29.3 Å². The summed E-state index contributed by atoms with van der Waals surface area (Å²) in [5.74, 6) is -0.0507. The average molecular weight is 404 g/mol. The van der Waals surface area contributed by atoms with Gasteiger partial charge in [0.25, 0.3) is 0 Å². The van der Waals surface area contributed by atoms with Crippen LogP contribution in [-0.2, 0) is 20.8 Å². The number of hydrogen-bond acceptors (Lipinski definition) is 6. The first kappa shape index (κ1) is 19.6. The second-order valence-corrected chi connectivity index (χ2v) is 8.54. The molecular formula is C16H19F3N4O3S. The lowest BCUT2D eigenvalue weighted by Crippen LogP contribution is -2.46. The maximum Gasteiger partial charge on any atom is 0.435 e. The smallest absolute Gasteiger partial charge is 0.372 e. The number of nitrogens with zero attached hydrogens (tertiary/aromatic N) is 4. The van der Waals surface area contributed by atoms with Gasteiger partial charge >= 0.3 is 6.18 Å². The zero-order chi connectivity index (χ0) is 20.0. The molecule has 3 heterocycles. The van der Waals surface area contributed by atoms with Gasteiger partial charge in [-0.1, -0.05) is 0 Å². The van der Waals surface area contributed by atoms with Crippen molar-refractivity contribution in [3.63, 3.8) is 0 Å². The van der Waals surface area contributed by atoms with E-state index in [2.05, 4.69) is 10.1 Å². The Labute approximate surface area is 154 Å². The summed E-state index contributed by atoms with van der Waals surface area (Å²) in [6.45, 7) is 4.32. The van der Waals surface area contributed by atoms with Gasteiger partial charge in [0.15, 0.2) is 21.3 Å². The molecule has 0 aliphatic carbocycles. The number of morpholine rings is 1. The van der Waals surface area contributed by atoms with Crippen LogP contribution >= 0.6 is 0 Å². The Morgan fingerprint density at radius 2 is 1.85 bits per heavy atom. The number of rotatable bonds is 3. The number of sulfone groups is 1. The van der Waals surface area contributed by atoms with Crippen molar-refractivity contribution in [1.82, 2.24) is 14.8 Å². The number of ether oxygens (including phenoxy) is 1. The number of alkyl halides is 3. The molecule has 0 amide bonds. The van der Waals surface area contributed by atoms with Crippen molar-refractivity contribution in [3.8, 4) is 5.82 Å². The molecule has 2 aromatic rings. The van der Waals surface area contributed by atoms with Crippen molar-refractivity contribution in [2.75, 3.05) is 24.2 Å². The van der Waals surface area contributed by atoms with E-state index in [1.807, 2.05) is 13.8 Å². The van der Waals surface area contributed by atoms with Crippen molar-refractivity contribution >= 4 is 15.7 Å². The van der Waals surface area contributed by atoms with E-state index in [4.69, 9.17) is 4.74 Å². The van der Waals surface area contributed by atoms with Crippen LogP contribution in [0.1, 0.15) is 19.5 Å². The van der Waals surface area contributed by atoms with Crippen LogP contribution in [0.5, 0.6) is 0 Å². The SMILES string of the molecule is C[C@@H]1CN(c2cc(C(F)(F)F)nn2-c2ncccc2S(C)(=O)=O)C[C@H](C)O1. The molecule has 7 nitrogen and oxygen atoms in total. The molecule has 0 spiro atoms. The number of anilines is 1. The van der Waals surface area contributed by atoms with Crippen LogP contribution in [0, 0.1) is 0 Å². The van der Waals surface area contributed by atoms with Gasteiger partial charge in [-0.05, 0) is 26.0 Å². The second-order valence-electron chi connectivity index (χ2n) is 6.56. The molecule has 0 radical (unpaired) electrons. The fourth-order valence-electron chi connectivity index (χ4n) is 3.09. The summed E-state index contributed by atoms with van der Waals surface area (Å²) in [4.78, 5) is 5.50. The molecule has 1 fully saturated rings. The molecule has 148 valence electrons. The molecule has 1 saturated heterocycles. The van der Waals surface area contributed by atoms with Crippen LogP contribution in [0.3, 0.4) is 0 Å². The van der Waals surface area contributed by atoms with E-state index >= 15 is 0 Å². The Bertz CT molecular complexity index is 933. The van der Waals surface area contributed by atoms with E-state index in [0.717, 1.165) is 17.0 Å². The van der Waals surface area contributed by atoms with Crippen LogP contribution in [0.2, 0.25) is 0 Å². The molecule has 11 heteroatoms. The largest absolute Gasteiger partial charge is 0.435 e. The van der Waals surface area contributed by atoms with Gasteiger partial charge in [0.1, 0.15) is 10.7 Å². The molecule has 0 saturated carbocycles. The second kappa shape index (κ2) is 6.79. The van der Waals surface area contributed by atoms with Crippen molar-refractivity contribution in [1.29, 1.82) is 0 Å². The third-order valence-corrected chi connectivity index (χ3v) is 5.19. The third-order valence-electron chi connectivity index (χ3n) is 4.08. The maximum absolute atomic E-state index is 13.3. The summed E-state index contributed by atoms with van der Waals surface area (Å²) in [6, 6.07) is 3.61. The molecular weight excluding hydrogens is 385 g/mol. The summed E-state index contributed by atoms with van der Waals surface area (Å²) in [7, 11) is -3.72. The van der Waals surface area contributed by atoms with E-state index in [9.17, 15) is 21.6 Å². The fourth-order valence-corrected chi connectivity index (χ4v) is 3.88. The molecule has 0 bridgehead atoms. The van der Waals surface area contributed by atoms with Crippen molar-refractivity contribution in [3.05, 3.63) is 30.1 Å². The normalized spacial score (nSPS) is 21.5. The summed E-state index contributed by atoms with van der Waals surface area (Å²) in [5.41, 5.74) is -1.12. The Morgan fingerprint density at radius 3 is 2.41 bits per heavy atom. The Kier molecular flexibility index (Phi) is 4.93. The van der Waals surface area contributed by atoms with Gasteiger partial charge in [-0.2, -0.15) is 23.0 Å². The topological polar surface area (TPSA) is 77.3 Å². The molecule has 1 aliphatic rings. The van der Waals surface area contributed by atoms with E-state index in [0.29, 0.717) is 13.1 Å². The predicted octanol–water partition coefficient (Wildman–Crippen LogP) is 2.30. The predicted molar refractivity (Wildman–Crippen MR) is 91.7 cm³/mol. The summed E-state index contributed by atoms with van der Waals surface area (Å²) < 4.78 is 70.6. The minimum atomic E-state index is -4.68. The van der Waals surface area contributed by atoms with E-state index in [1.54, 1.807) is 4.90 Å². The summed E-state index contributed by atoms with van der Waals surface area (Å²) >= 11 is 0.